The lowest BCUT2D eigenvalue weighted by Gasteiger charge is -2.09. The van der Waals surface area contributed by atoms with Gasteiger partial charge in [0.15, 0.2) is 0 Å². The zero-order valence-electron chi connectivity index (χ0n) is 15.9. The van der Waals surface area contributed by atoms with Gasteiger partial charge in [0.1, 0.15) is 5.82 Å². The van der Waals surface area contributed by atoms with Crippen LogP contribution in [0.25, 0.3) is 0 Å². The van der Waals surface area contributed by atoms with Crippen molar-refractivity contribution in [1.29, 1.82) is 0 Å². The Bertz CT molecular complexity index is 944. The Morgan fingerprint density at radius 2 is 2.03 bits per heavy atom. The molecule has 0 unspecified atom stereocenters. The highest BCUT2D eigenvalue weighted by Crippen LogP contribution is 2.30. The van der Waals surface area contributed by atoms with Crippen molar-refractivity contribution in [2.45, 2.75) is 11.3 Å². The summed E-state index contributed by atoms with van der Waals surface area (Å²) >= 11 is 6.66. The minimum Gasteiger partial charge on any atom is -0.385 e. The molecule has 2 aromatic rings. The molecule has 0 aliphatic heterocycles. The van der Waals surface area contributed by atoms with Crippen molar-refractivity contribution in [1.82, 2.24) is 5.32 Å². The number of hydrogen-bond acceptors (Lipinski definition) is 6. The summed E-state index contributed by atoms with van der Waals surface area (Å²) in [4.78, 5) is 35.2. The van der Waals surface area contributed by atoms with E-state index in [1.807, 2.05) is 0 Å². The van der Waals surface area contributed by atoms with E-state index in [0.717, 1.165) is 23.9 Å². The Morgan fingerprint density at radius 1 is 1.27 bits per heavy atom. The number of amides is 2. The zero-order valence-corrected chi connectivity index (χ0v) is 17.5. The molecule has 160 valence electrons. The molecule has 2 N–H and O–H groups in total. The Kier molecular flexibility index (Phi) is 9.03. The van der Waals surface area contributed by atoms with E-state index in [0.29, 0.717) is 19.6 Å². The minimum absolute atomic E-state index is 0.0185. The number of nitrogens with zero attached hydrogens (tertiary/aromatic N) is 1. The summed E-state index contributed by atoms with van der Waals surface area (Å²) in [6.07, 6.45) is 0.658. The molecule has 2 amide bonds. The molecule has 2 rings (SSSR count). The van der Waals surface area contributed by atoms with Gasteiger partial charge in [0.2, 0.25) is 5.91 Å². The zero-order chi connectivity index (χ0) is 22.1. The summed E-state index contributed by atoms with van der Waals surface area (Å²) in [6, 6.07) is 7.58. The first-order valence-corrected chi connectivity index (χ1v) is 10.1. The third kappa shape index (κ3) is 6.97. The summed E-state index contributed by atoms with van der Waals surface area (Å²) in [5.41, 5.74) is -0.448. The Hall–Kier alpha value is -2.69. The molecule has 0 fully saturated rings. The summed E-state index contributed by atoms with van der Waals surface area (Å²) < 4.78 is 18.7. The van der Waals surface area contributed by atoms with Crippen LogP contribution in [0.5, 0.6) is 0 Å². The Morgan fingerprint density at radius 3 is 2.70 bits per heavy atom. The Labute approximate surface area is 181 Å². The van der Waals surface area contributed by atoms with Crippen molar-refractivity contribution in [3.05, 3.63) is 62.9 Å². The predicted octanol–water partition coefficient (Wildman–Crippen LogP) is 3.88. The maximum atomic E-state index is 13.9. The molecule has 30 heavy (non-hydrogen) atoms. The van der Waals surface area contributed by atoms with Gasteiger partial charge in [-0.1, -0.05) is 11.6 Å². The van der Waals surface area contributed by atoms with Gasteiger partial charge in [-0.15, -0.1) is 11.8 Å². The number of anilines is 1. The summed E-state index contributed by atoms with van der Waals surface area (Å²) in [6.45, 7) is 0.956. The largest absolute Gasteiger partial charge is 0.385 e. The van der Waals surface area contributed by atoms with Crippen LogP contribution >= 0.6 is 23.4 Å². The lowest BCUT2D eigenvalue weighted by molar-refractivity contribution is -0.387. The lowest BCUT2D eigenvalue weighted by atomic mass is 10.2. The van der Waals surface area contributed by atoms with E-state index in [1.54, 1.807) is 7.11 Å². The van der Waals surface area contributed by atoms with E-state index in [9.17, 15) is 24.1 Å². The van der Waals surface area contributed by atoms with Gasteiger partial charge < -0.3 is 15.4 Å². The van der Waals surface area contributed by atoms with Gasteiger partial charge in [0.05, 0.1) is 21.3 Å². The van der Waals surface area contributed by atoms with Gasteiger partial charge in [-0.25, -0.2) is 4.39 Å². The number of hydrogen-bond donors (Lipinski definition) is 2. The monoisotopic (exact) mass is 455 g/mol. The maximum Gasteiger partial charge on any atom is 0.283 e. The first kappa shape index (κ1) is 23.6. The smallest absolute Gasteiger partial charge is 0.283 e. The van der Waals surface area contributed by atoms with Crippen LogP contribution in [0.1, 0.15) is 16.8 Å². The number of halogens is 2. The third-order valence-corrected chi connectivity index (χ3v) is 5.10. The van der Waals surface area contributed by atoms with Gasteiger partial charge in [0.25, 0.3) is 11.6 Å². The highest BCUT2D eigenvalue weighted by atomic mass is 35.5. The number of thioether (sulfide) groups is 1. The lowest BCUT2D eigenvalue weighted by Crippen LogP contribution is -2.26. The first-order chi connectivity index (χ1) is 14.3. The molecule has 0 saturated carbocycles. The number of carbonyl (C=O) groups is 2. The average Bonchev–Trinajstić information content (AvgIpc) is 2.71. The molecule has 8 nitrogen and oxygen atoms in total. The number of ether oxygens (including phenoxy) is 1. The van der Waals surface area contributed by atoms with Crippen LogP contribution in [0.3, 0.4) is 0 Å². The summed E-state index contributed by atoms with van der Waals surface area (Å²) in [5, 5.41) is 16.6. The second kappa shape index (κ2) is 11.5. The molecule has 0 bridgehead atoms. The van der Waals surface area contributed by atoms with E-state index < -0.39 is 16.6 Å². The summed E-state index contributed by atoms with van der Waals surface area (Å²) in [7, 11) is 1.56. The van der Waals surface area contributed by atoms with Gasteiger partial charge in [0, 0.05) is 36.9 Å². The van der Waals surface area contributed by atoms with Crippen LogP contribution < -0.4 is 10.6 Å². The molecule has 0 aliphatic rings. The second-order valence-corrected chi connectivity index (χ2v) is 7.46. The number of nitro benzene ring substituents is 1. The molecule has 0 radical (unpaired) electrons. The minimum atomic E-state index is -0.728. The second-order valence-electron chi connectivity index (χ2n) is 6.00. The average molecular weight is 456 g/mol. The first-order valence-electron chi connectivity index (χ1n) is 8.75. The van der Waals surface area contributed by atoms with E-state index in [2.05, 4.69) is 10.6 Å². The SMILES string of the molecule is COCCCNC(=O)CSc1ccc(C(=O)Nc2ccc(Cl)cc2F)cc1[N+](=O)[O-]. The van der Waals surface area contributed by atoms with Crippen molar-refractivity contribution in [3.63, 3.8) is 0 Å². The van der Waals surface area contributed by atoms with E-state index in [-0.39, 0.29) is 38.5 Å². The van der Waals surface area contributed by atoms with E-state index in [4.69, 9.17) is 16.3 Å². The van der Waals surface area contributed by atoms with Crippen molar-refractivity contribution in [2.24, 2.45) is 0 Å². The predicted molar refractivity (Wildman–Crippen MR) is 113 cm³/mol. The summed E-state index contributed by atoms with van der Waals surface area (Å²) in [5.74, 6) is -1.73. The fourth-order valence-corrected chi connectivity index (χ4v) is 3.34. The molecular weight excluding hydrogens is 437 g/mol. The van der Waals surface area contributed by atoms with Gasteiger partial charge in [-0.3, -0.25) is 19.7 Å². The fraction of sp³-hybridized carbons (Fsp3) is 0.263. The molecule has 0 saturated heterocycles. The molecule has 0 aromatic heterocycles. The number of nitro groups is 1. The quantitative estimate of drug-likeness (QED) is 0.243. The van der Waals surface area contributed by atoms with Crippen LogP contribution in [0, 0.1) is 15.9 Å². The standard InChI is InChI=1S/C19H19ClFN3O5S/c1-29-8-2-7-22-18(25)11-30-17-6-3-12(9-16(17)24(27)28)19(26)23-15-5-4-13(20)10-14(15)21/h3-6,9-10H,2,7-8,11H2,1H3,(H,22,25)(H,23,26). The maximum absolute atomic E-state index is 13.9. The number of benzene rings is 2. The highest BCUT2D eigenvalue weighted by molar-refractivity contribution is 8.00. The van der Waals surface area contributed by atoms with Gasteiger partial charge >= 0.3 is 0 Å². The van der Waals surface area contributed by atoms with E-state index >= 15 is 0 Å². The molecule has 0 heterocycles. The number of rotatable bonds is 10. The van der Waals surface area contributed by atoms with Crippen LogP contribution in [0.4, 0.5) is 15.8 Å². The molecule has 11 heteroatoms. The van der Waals surface area contributed by atoms with Crippen molar-refractivity contribution < 1.29 is 23.6 Å². The third-order valence-electron chi connectivity index (χ3n) is 3.80. The van der Waals surface area contributed by atoms with Crippen LogP contribution in [0.2, 0.25) is 5.02 Å². The van der Waals surface area contributed by atoms with Crippen LogP contribution in [-0.4, -0.2) is 42.8 Å². The topological polar surface area (TPSA) is 111 Å². The van der Waals surface area contributed by atoms with Gasteiger partial charge in [-0.2, -0.15) is 0 Å². The van der Waals surface area contributed by atoms with Crippen molar-refractivity contribution >= 4 is 46.6 Å². The number of methoxy groups -OCH3 is 1. The normalized spacial score (nSPS) is 10.5. The molecule has 2 aromatic carbocycles. The number of nitrogens with one attached hydrogen (secondary N) is 2. The van der Waals surface area contributed by atoms with Crippen LogP contribution in [-0.2, 0) is 9.53 Å². The highest BCUT2D eigenvalue weighted by Gasteiger charge is 2.19. The molecule has 0 aliphatic carbocycles. The van der Waals surface area contributed by atoms with Gasteiger partial charge in [-0.05, 0) is 36.8 Å². The van der Waals surface area contributed by atoms with Crippen LogP contribution in [0.15, 0.2) is 41.3 Å². The van der Waals surface area contributed by atoms with Crippen molar-refractivity contribution in [3.8, 4) is 0 Å². The molecule has 0 atom stereocenters. The van der Waals surface area contributed by atoms with E-state index in [1.165, 1.54) is 24.3 Å². The molecular formula is C19H19ClFN3O5S. The fourth-order valence-electron chi connectivity index (χ4n) is 2.35. The number of carbonyl (C=O) groups excluding carboxylic acids is 2. The van der Waals surface area contributed by atoms with Crippen molar-refractivity contribution in [2.75, 3.05) is 31.3 Å². The Balaban J connectivity index is 2.06. The molecule has 0 spiro atoms.